The second-order valence-corrected chi connectivity index (χ2v) is 4.91. The normalized spacial score (nSPS) is 12.2. The first-order valence-corrected chi connectivity index (χ1v) is 7.13. The summed E-state index contributed by atoms with van der Waals surface area (Å²) in [6, 6.07) is 7.94. The topological polar surface area (TPSA) is 38.8 Å². The minimum atomic E-state index is -0.169. The number of carbonyl (C=O) groups excluding carboxylic acids is 1. The van der Waals surface area contributed by atoms with E-state index in [9.17, 15) is 4.79 Å². The lowest BCUT2D eigenvalue weighted by Gasteiger charge is -2.24. The zero-order valence-corrected chi connectivity index (χ0v) is 12.9. The van der Waals surface area contributed by atoms with Crippen molar-refractivity contribution in [3.05, 3.63) is 29.8 Å². The van der Waals surface area contributed by atoms with Gasteiger partial charge in [0.25, 0.3) is 0 Å². The average molecular weight is 279 g/mol. The van der Waals surface area contributed by atoms with Crippen LogP contribution in [0.4, 0.5) is 0 Å². The molecule has 1 aromatic rings. The van der Waals surface area contributed by atoms with Crippen molar-refractivity contribution in [2.75, 3.05) is 27.3 Å². The molecule has 1 unspecified atom stereocenters. The molecule has 0 N–H and O–H groups in total. The fourth-order valence-electron chi connectivity index (χ4n) is 1.98. The third-order valence-electron chi connectivity index (χ3n) is 3.03. The number of carbonyl (C=O) groups is 1. The van der Waals surface area contributed by atoms with Crippen molar-refractivity contribution >= 4 is 5.97 Å². The van der Waals surface area contributed by atoms with Gasteiger partial charge in [-0.3, -0.25) is 4.79 Å². The molecular formula is C16H25NO3. The molecule has 0 heterocycles. The molecule has 0 spiro atoms. The summed E-state index contributed by atoms with van der Waals surface area (Å²) < 4.78 is 10.6. The largest absolute Gasteiger partial charge is 0.494 e. The van der Waals surface area contributed by atoms with Crippen LogP contribution in [0.2, 0.25) is 0 Å². The lowest BCUT2D eigenvalue weighted by atomic mass is 10.0. The number of rotatable bonds is 8. The molecule has 1 rings (SSSR count). The van der Waals surface area contributed by atoms with Crippen LogP contribution in [0.25, 0.3) is 0 Å². The second-order valence-electron chi connectivity index (χ2n) is 4.91. The van der Waals surface area contributed by atoms with Crippen molar-refractivity contribution in [2.45, 2.75) is 32.7 Å². The highest BCUT2D eigenvalue weighted by Gasteiger charge is 2.19. The summed E-state index contributed by atoms with van der Waals surface area (Å²) in [6.45, 7) is 5.04. The van der Waals surface area contributed by atoms with E-state index in [1.54, 1.807) is 0 Å². The summed E-state index contributed by atoms with van der Waals surface area (Å²) in [6.07, 6.45) is 1.35. The van der Waals surface area contributed by atoms with Crippen molar-refractivity contribution in [2.24, 2.45) is 0 Å². The van der Waals surface area contributed by atoms with E-state index in [0.717, 1.165) is 24.3 Å². The molecule has 0 saturated carbocycles. The Balaban J connectivity index is 2.74. The minimum absolute atomic E-state index is 0.0225. The molecular weight excluding hydrogens is 254 g/mol. The van der Waals surface area contributed by atoms with Gasteiger partial charge in [0, 0.05) is 6.04 Å². The number of benzene rings is 1. The van der Waals surface area contributed by atoms with Gasteiger partial charge in [-0.05, 0) is 45.1 Å². The van der Waals surface area contributed by atoms with E-state index >= 15 is 0 Å². The van der Waals surface area contributed by atoms with Crippen molar-refractivity contribution in [3.8, 4) is 5.75 Å². The molecule has 0 aliphatic rings. The molecule has 0 amide bonds. The molecule has 0 bridgehead atoms. The van der Waals surface area contributed by atoms with Gasteiger partial charge in [0.1, 0.15) is 5.75 Å². The monoisotopic (exact) mass is 279 g/mol. The number of hydrogen-bond acceptors (Lipinski definition) is 4. The summed E-state index contributed by atoms with van der Waals surface area (Å²) in [5.74, 6) is 0.696. The van der Waals surface area contributed by atoms with Gasteiger partial charge in [-0.15, -0.1) is 0 Å². The molecule has 112 valence electrons. The summed E-state index contributed by atoms with van der Waals surface area (Å²) in [4.78, 5) is 13.7. The maximum atomic E-state index is 11.7. The standard InChI is InChI=1S/C16H25NO3/c1-5-11-20-14-9-7-13(8-10-14)15(17(3)4)12-16(18)19-6-2/h7-10,15H,5-6,11-12H2,1-4H3. The van der Waals surface area contributed by atoms with Crippen molar-refractivity contribution in [1.29, 1.82) is 0 Å². The SMILES string of the molecule is CCCOc1ccc(C(CC(=O)OCC)N(C)C)cc1. The summed E-state index contributed by atoms with van der Waals surface area (Å²) >= 11 is 0. The summed E-state index contributed by atoms with van der Waals surface area (Å²) in [5.41, 5.74) is 1.09. The Labute approximate surface area is 121 Å². The molecule has 0 aromatic heterocycles. The molecule has 1 aromatic carbocycles. The lowest BCUT2D eigenvalue weighted by molar-refractivity contribution is -0.144. The Kier molecular flexibility index (Phi) is 7.09. The maximum Gasteiger partial charge on any atom is 0.307 e. The van der Waals surface area contributed by atoms with Gasteiger partial charge in [-0.1, -0.05) is 19.1 Å². The smallest absolute Gasteiger partial charge is 0.307 e. The third-order valence-corrected chi connectivity index (χ3v) is 3.03. The summed E-state index contributed by atoms with van der Waals surface area (Å²) in [7, 11) is 3.93. The van der Waals surface area contributed by atoms with Gasteiger partial charge in [-0.2, -0.15) is 0 Å². The molecule has 4 nitrogen and oxygen atoms in total. The van der Waals surface area contributed by atoms with E-state index in [0.29, 0.717) is 13.0 Å². The molecule has 20 heavy (non-hydrogen) atoms. The zero-order valence-electron chi connectivity index (χ0n) is 12.9. The first kappa shape index (κ1) is 16.5. The first-order chi connectivity index (χ1) is 9.58. The van der Waals surface area contributed by atoms with E-state index in [2.05, 4.69) is 6.92 Å². The van der Waals surface area contributed by atoms with Gasteiger partial charge in [0.2, 0.25) is 0 Å². The Bertz CT molecular complexity index is 401. The van der Waals surface area contributed by atoms with Gasteiger partial charge < -0.3 is 14.4 Å². The van der Waals surface area contributed by atoms with Crippen LogP contribution in [0.5, 0.6) is 5.75 Å². The highest BCUT2D eigenvalue weighted by molar-refractivity contribution is 5.70. The van der Waals surface area contributed by atoms with Crippen molar-refractivity contribution in [1.82, 2.24) is 4.90 Å². The first-order valence-electron chi connectivity index (χ1n) is 7.13. The Morgan fingerprint density at radius 1 is 1.20 bits per heavy atom. The molecule has 4 heteroatoms. The predicted octanol–water partition coefficient (Wildman–Crippen LogP) is 3.03. The summed E-state index contributed by atoms with van der Waals surface area (Å²) in [5, 5.41) is 0. The second kappa shape index (κ2) is 8.59. The number of hydrogen-bond donors (Lipinski definition) is 0. The maximum absolute atomic E-state index is 11.7. The molecule has 0 aliphatic carbocycles. The van der Waals surface area contributed by atoms with Crippen LogP contribution < -0.4 is 4.74 Å². The van der Waals surface area contributed by atoms with E-state index in [1.165, 1.54) is 0 Å². The Hall–Kier alpha value is -1.55. The highest BCUT2D eigenvalue weighted by Crippen LogP contribution is 2.24. The number of esters is 1. The van der Waals surface area contributed by atoms with E-state index < -0.39 is 0 Å². The van der Waals surface area contributed by atoms with Crippen LogP contribution in [0.3, 0.4) is 0 Å². The number of ether oxygens (including phenoxy) is 2. The van der Waals surface area contributed by atoms with Gasteiger partial charge in [0.15, 0.2) is 0 Å². The molecule has 1 atom stereocenters. The van der Waals surface area contributed by atoms with E-state index in [4.69, 9.17) is 9.47 Å². The van der Waals surface area contributed by atoms with E-state index in [1.807, 2.05) is 50.2 Å². The van der Waals surface area contributed by atoms with Crippen LogP contribution >= 0.6 is 0 Å². The Morgan fingerprint density at radius 3 is 2.35 bits per heavy atom. The zero-order chi connectivity index (χ0) is 15.0. The molecule has 0 aliphatic heterocycles. The lowest BCUT2D eigenvalue weighted by Crippen LogP contribution is -2.23. The van der Waals surface area contributed by atoms with Crippen LogP contribution in [-0.2, 0) is 9.53 Å². The predicted molar refractivity (Wildman–Crippen MR) is 79.9 cm³/mol. The molecule has 0 saturated heterocycles. The van der Waals surface area contributed by atoms with E-state index in [-0.39, 0.29) is 12.0 Å². The van der Waals surface area contributed by atoms with Crippen LogP contribution in [0, 0.1) is 0 Å². The number of nitrogens with zero attached hydrogens (tertiary/aromatic N) is 1. The molecule has 0 radical (unpaired) electrons. The van der Waals surface area contributed by atoms with Crippen molar-refractivity contribution in [3.63, 3.8) is 0 Å². The fourth-order valence-corrected chi connectivity index (χ4v) is 1.98. The third kappa shape index (κ3) is 5.21. The van der Waals surface area contributed by atoms with Gasteiger partial charge in [-0.25, -0.2) is 0 Å². The average Bonchev–Trinajstić information content (AvgIpc) is 2.43. The Morgan fingerprint density at radius 2 is 1.85 bits per heavy atom. The minimum Gasteiger partial charge on any atom is -0.494 e. The van der Waals surface area contributed by atoms with Crippen LogP contribution in [-0.4, -0.2) is 38.2 Å². The van der Waals surface area contributed by atoms with Gasteiger partial charge >= 0.3 is 5.97 Å². The highest BCUT2D eigenvalue weighted by atomic mass is 16.5. The quantitative estimate of drug-likeness (QED) is 0.686. The van der Waals surface area contributed by atoms with Crippen LogP contribution in [0.1, 0.15) is 38.3 Å². The fraction of sp³-hybridized carbons (Fsp3) is 0.562. The van der Waals surface area contributed by atoms with Crippen molar-refractivity contribution < 1.29 is 14.3 Å². The van der Waals surface area contributed by atoms with Crippen LogP contribution in [0.15, 0.2) is 24.3 Å². The molecule has 0 fully saturated rings. The van der Waals surface area contributed by atoms with Gasteiger partial charge in [0.05, 0.1) is 19.6 Å².